The number of halogens is 5. The molecule has 0 radical (unpaired) electrons. The van der Waals surface area contributed by atoms with Crippen molar-refractivity contribution in [3.63, 3.8) is 0 Å². The Morgan fingerprint density at radius 1 is 1.30 bits per heavy atom. The van der Waals surface area contributed by atoms with Gasteiger partial charge in [0.15, 0.2) is 5.82 Å². The van der Waals surface area contributed by atoms with Crippen molar-refractivity contribution in [3.8, 4) is 23.2 Å². The number of fused-ring (bicyclic) bond motifs is 2. The quantitative estimate of drug-likeness (QED) is 0.351. The highest BCUT2D eigenvalue weighted by molar-refractivity contribution is 7.23. The number of aliphatic hydroxyl groups is 1. The van der Waals surface area contributed by atoms with Crippen molar-refractivity contribution in [2.45, 2.75) is 12.6 Å². The number of methoxy groups -OCH3 is 1. The summed E-state index contributed by atoms with van der Waals surface area (Å²) in [5.74, 6) is -2.21. The molecule has 3 heterocycles. The number of nitrogens with two attached hydrogens (primary N) is 1. The van der Waals surface area contributed by atoms with Crippen molar-refractivity contribution in [1.29, 1.82) is 5.26 Å². The molecule has 5 rings (SSSR count). The lowest BCUT2D eigenvalue weighted by molar-refractivity contribution is -0.137. The molecule has 0 saturated carbocycles. The van der Waals surface area contributed by atoms with Crippen LogP contribution in [0.3, 0.4) is 0 Å². The van der Waals surface area contributed by atoms with Gasteiger partial charge < -0.3 is 20.5 Å². The fourth-order valence-electron chi connectivity index (χ4n) is 4.69. The van der Waals surface area contributed by atoms with Crippen LogP contribution in [0.4, 0.5) is 32.8 Å². The van der Waals surface area contributed by atoms with Gasteiger partial charge in [-0.05, 0) is 24.1 Å². The predicted octanol–water partition coefficient (Wildman–Crippen LogP) is 5.09. The number of nitrogen functional groups attached to an aromatic ring is 1. The first-order chi connectivity index (χ1) is 17.6. The molecule has 3 N–H and O–H groups in total. The Morgan fingerprint density at radius 2 is 2.05 bits per heavy atom. The van der Waals surface area contributed by atoms with Gasteiger partial charge in [-0.3, -0.25) is 0 Å². The number of aliphatic hydroxyl groups excluding tert-OH is 1. The van der Waals surface area contributed by atoms with Crippen LogP contribution in [0.15, 0.2) is 18.2 Å². The minimum absolute atomic E-state index is 0.0375. The Kier molecular flexibility index (Phi) is 6.04. The summed E-state index contributed by atoms with van der Waals surface area (Å²) in [6, 6.07) is 4.18. The predicted molar refractivity (Wildman–Crippen MR) is 128 cm³/mol. The Balaban J connectivity index is 1.89. The standard InChI is InChI=1S/C24H18F5N5O2S/c1-36-23-32-19-12(22(33-23)34-5-4-10(8-34)9-35)6-14(24(27,28)29)17(18(19)26)11-2-3-15(25)20-16(11)13(7-30)21(31)37-20/h2-3,6,10,35H,4-5,8-9,31H2,1H3/t10-/m1/s1. The molecular weight excluding hydrogens is 517 g/mol. The third kappa shape index (κ3) is 3.96. The van der Waals surface area contributed by atoms with Gasteiger partial charge in [0.1, 0.15) is 28.2 Å². The second kappa shape index (κ2) is 8.97. The first kappa shape index (κ1) is 24.9. The smallest absolute Gasteiger partial charge is 0.417 e. The molecule has 7 nitrogen and oxygen atoms in total. The van der Waals surface area contributed by atoms with Gasteiger partial charge in [-0.2, -0.15) is 28.4 Å². The fourth-order valence-corrected chi connectivity index (χ4v) is 5.64. The third-order valence-electron chi connectivity index (χ3n) is 6.42. The highest BCUT2D eigenvalue weighted by Crippen LogP contribution is 2.48. The average molecular weight is 535 g/mol. The zero-order chi connectivity index (χ0) is 26.6. The van der Waals surface area contributed by atoms with Gasteiger partial charge in [-0.15, -0.1) is 11.3 Å². The van der Waals surface area contributed by atoms with Crippen LogP contribution in [0.2, 0.25) is 0 Å². The lowest BCUT2D eigenvalue weighted by Crippen LogP contribution is -2.23. The molecule has 37 heavy (non-hydrogen) atoms. The summed E-state index contributed by atoms with van der Waals surface area (Å²) >= 11 is 0.693. The van der Waals surface area contributed by atoms with Gasteiger partial charge in [0, 0.05) is 42.0 Å². The fraction of sp³-hybridized carbons (Fsp3) is 0.292. The number of ether oxygens (including phenoxy) is 1. The number of thiophene rings is 1. The van der Waals surface area contributed by atoms with Crippen LogP contribution in [-0.4, -0.2) is 41.9 Å². The zero-order valence-electron chi connectivity index (χ0n) is 19.2. The number of nitriles is 1. The maximum atomic E-state index is 16.2. The Morgan fingerprint density at radius 3 is 2.68 bits per heavy atom. The molecule has 1 atom stereocenters. The van der Waals surface area contributed by atoms with Crippen molar-refractivity contribution < 1.29 is 31.8 Å². The summed E-state index contributed by atoms with van der Waals surface area (Å²) in [6.45, 7) is 0.562. The molecule has 0 amide bonds. The Bertz CT molecular complexity index is 1600. The first-order valence-corrected chi connectivity index (χ1v) is 11.8. The number of anilines is 2. The molecule has 1 saturated heterocycles. The largest absolute Gasteiger partial charge is 0.467 e. The summed E-state index contributed by atoms with van der Waals surface area (Å²) in [5.41, 5.74) is 2.59. The van der Waals surface area contributed by atoms with E-state index in [1.54, 1.807) is 11.0 Å². The van der Waals surface area contributed by atoms with E-state index >= 15 is 4.39 Å². The number of rotatable bonds is 4. The van der Waals surface area contributed by atoms with Gasteiger partial charge in [-0.25, -0.2) is 8.78 Å². The van der Waals surface area contributed by atoms with Crippen LogP contribution >= 0.6 is 11.3 Å². The molecule has 0 bridgehead atoms. The SMILES string of the molecule is COc1nc(N2CC[C@@H](CO)C2)c2cc(C(F)(F)F)c(-c3ccc(F)c4sc(N)c(C#N)c34)c(F)c2n1. The molecule has 1 fully saturated rings. The number of alkyl halides is 3. The summed E-state index contributed by atoms with van der Waals surface area (Å²) in [5, 5.41) is 18.6. The summed E-state index contributed by atoms with van der Waals surface area (Å²) in [6.07, 6.45) is -4.46. The van der Waals surface area contributed by atoms with E-state index in [0.717, 1.165) is 18.2 Å². The van der Waals surface area contributed by atoms with Gasteiger partial charge in [0.05, 0.1) is 22.9 Å². The maximum absolute atomic E-state index is 16.2. The molecule has 4 aromatic rings. The van der Waals surface area contributed by atoms with Gasteiger partial charge in [0.25, 0.3) is 0 Å². The number of nitrogens with zero attached hydrogens (tertiary/aromatic N) is 4. The molecule has 0 unspecified atom stereocenters. The van der Waals surface area contributed by atoms with Gasteiger partial charge in [0.2, 0.25) is 0 Å². The molecule has 1 aliphatic heterocycles. The normalized spacial score (nSPS) is 16.1. The van der Waals surface area contributed by atoms with E-state index < -0.39 is 34.5 Å². The van der Waals surface area contributed by atoms with E-state index in [2.05, 4.69) is 9.97 Å². The van der Waals surface area contributed by atoms with Crippen LogP contribution in [0.1, 0.15) is 17.5 Å². The molecule has 13 heteroatoms. The van der Waals surface area contributed by atoms with Crippen LogP contribution in [0.25, 0.3) is 32.1 Å². The second-order valence-corrected chi connectivity index (χ2v) is 9.63. The number of aromatic nitrogens is 2. The molecule has 1 aliphatic rings. The van der Waals surface area contributed by atoms with Crippen LogP contribution in [0.5, 0.6) is 6.01 Å². The minimum atomic E-state index is -5.03. The van der Waals surface area contributed by atoms with E-state index in [4.69, 9.17) is 10.5 Å². The lowest BCUT2D eigenvalue weighted by Gasteiger charge is -2.22. The van der Waals surface area contributed by atoms with E-state index in [0.29, 0.717) is 30.8 Å². The monoisotopic (exact) mass is 535 g/mol. The van der Waals surface area contributed by atoms with Crippen molar-refractivity contribution in [2.24, 2.45) is 5.92 Å². The Hall–Kier alpha value is -3.76. The number of hydrogen-bond donors (Lipinski definition) is 2. The van der Waals surface area contributed by atoms with Crippen LogP contribution in [0, 0.1) is 28.9 Å². The van der Waals surface area contributed by atoms with Crippen molar-refractivity contribution >= 4 is 43.1 Å². The Labute approximate surface area is 210 Å². The van der Waals surface area contributed by atoms with E-state index in [1.807, 2.05) is 0 Å². The number of benzene rings is 2. The molecular formula is C24H18F5N5O2S. The molecule has 2 aromatic heterocycles. The van der Waals surface area contributed by atoms with E-state index in [9.17, 15) is 27.9 Å². The summed E-state index contributed by atoms with van der Waals surface area (Å²) in [7, 11) is 1.24. The average Bonchev–Trinajstić information content (AvgIpc) is 3.48. The van der Waals surface area contributed by atoms with Crippen molar-refractivity contribution in [2.75, 3.05) is 37.4 Å². The van der Waals surface area contributed by atoms with Gasteiger partial charge >= 0.3 is 12.2 Å². The molecule has 0 spiro atoms. The van der Waals surface area contributed by atoms with Crippen LogP contribution in [-0.2, 0) is 6.18 Å². The second-order valence-electron chi connectivity index (χ2n) is 8.58. The van der Waals surface area contributed by atoms with Gasteiger partial charge in [-0.1, -0.05) is 6.07 Å². The molecule has 0 aliphatic carbocycles. The van der Waals surface area contributed by atoms with Crippen molar-refractivity contribution in [3.05, 3.63) is 41.0 Å². The highest BCUT2D eigenvalue weighted by Gasteiger charge is 2.39. The topological polar surface area (TPSA) is 108 Å². The maximum Gasteiger partial charge on any atom is 0.417 e. The zero-order valence-corrected chi connectivity index (χ0v) is 20.0. The third-order valence-corrected chi connectivity index (χ3v) is 7.45. The first-order valence-electron chi connectivity index (χ1n) is 11.0. The molecule has 2 aromatic carbocycles. The number of hydrogen-bond acceptors (Lipinski definition) is 8. The summed E-state index contributed by atoms with van der Waals surface area (Å²) < 4.78 is 79.1. The summed E-state index contributed by atoms with van der Waals surface area (Å²) in [4.78, 5) is 9.85. The minimum Gasteiger partial charge on any atom is -0.467 e. The highest BCUT2D eigenvalue weighted by atomic mass is 32.1. The van der Waals surface area contributed by atoms with Crippen LogP contribution < -0.4 is 15.4 Å². The van der Waals surface area contributed by atoms with E-state index in [1.165, 1.54) is 7.11 Å². The lowest BCUT2D eigenvalue weighted by atomic mass is 9.92. The van der Waals surface area contributed by atoms with E-state index in [-0.39, 0.29) is 56.0 Å². The molecule has 192 valence electrons. The van der Waals surface area contributed by atoms with Crippen molar-refractivity contribution in [1.82, 2.24) is 9.97 Å².